The van der Waals surface area contributed by atoms with E-state index in [-0.39, 0.29) is 0 Å². The molecule has 0 fully saturated rings. The number of rotatable bonds is 3. The molecule has 0 bridgehead atoms. The third-order valence-corrected chi connectivity index (χ3v) is 5.36. The van der Waals surface area contributed by atoms with E-state index >= 15 is 0 Å². The lowest BCUT2D eigenvalue weighted by atomic mass is 9.79. The molecule has 0 N–H and O–H groups in total. The van der Waals surface area contributed by atoms with Crippen molar-refractivity contribution in [2.24, 2.45) is 0 Å². The molecule has 22 heavy (non-hydrogen) atoms. The highest BCUT2D eigenvalue weighted by Gasteiger charge is 2.20. The summed E-state index contributed by atoms with van der Waals surface area (Å²) in [5, 5.41) is 5.82. The molecule has 4 rings (SSSR count). The maximum absolute atomic E-state index is 2.46. The third kappa shape index (κ3) is 2.22. The van der Waals surface area contributed by atoms with Gasteiger partial charge in [0.2, 0.25) is 0 Å². The first-order valence-corrected chi connectivity index (χ1v) is 8.80. The minimum Gasteiger partial charge on any atom is -0.0769 e. The molecule has 2 aromatic carbocycles. The Morgan fingerprint density at radius 2 is 1.86 bits per heavy atom. The van der Waals surface area contributed by atoms with Gasteiger partial charge in [0.1, 0.15) is 0 Å². The van der Waals surface area contributed by atoms with Crippen LogP contribution in [0.5, 0.6) is 0 Å². The molecule has 1 atom stereocenters. The molecule has 0 heterocycles. The van der Waals surface area contributed by atoms with Crippen molar-refractivity contribution < 1.29 is 0 Å². The van der Waals surface area contributed by atoms with Gasteiger partial charge in [-0.2, -0.15) is 0 Å². The molecule has 1 unspecified atom stereocenters. The summed E-state index contributed by atoms with van der Waals surface area (Å²) < 4.78 is 0. The number of benzene rings is 2. The second-order valence-electron chi connectivity index (χ2n) is 6.71. The normalized spacial score (nSPS) is 18.5. The first kappa shape index (κ1) is 13.8. The Hall–Kier alpha value is -1.82. The second-order valence-corrected chi connectivity index (χ2v) is 6.71. The maximum atomic E-state index is 2.46. The SMILES string of the molecule is CCCCC1CCC=c2ccc3c(c21)CC=c1ccccc1=3. The van der Waals surface area contributed by atoms with Gasteiger partial charge in [-0.05, 0) is 63.6 Å². The van der Waals surface area contributed by atoms with E-state index < -0.39 is 0 Å². The van der Waals surface area contributed by atoms with E-state index in [0.29, 0.717) is 0 Å². The van der Waals surface area contributed by atoms with Crippen LogP contribution in [0.3, 0.4) is 0 Å². The largest absolute Gasteiger partial charge is 0.0769 e. The average Bonchev–Trinajstić information content (AvgIpc) is 2.59. The Bertz CT molecular complexity index is 902. The molecule has 0 nitrogen and oxygen atoms in total. The molecule has 0 aliphatic heterocycles. The fourth-order valence-corrected chi connectivity index (χ4v) is 4.27. The molecule has 0 spiro atoms. The Kier molecular flexibility index (Phi) is 3.62. The van der Waals surface area contributed by atoms with Crippen molar-refractivity contribution in [2.75, 3.05) is 0 Å². The average molecular weight is 288 g/mol. The third-order valence-electron chi connectivity index (χ3n) is 5.36. The van der Waals surface area contributed by atoms with Gasteiger partial charge in [-0.25, -0.2) is 0 Å². The smallest absolute Gasteiger partial charge is 0.00790 e. The second kappa shape index (κ2) is 5.76. The van der Waals surface area contributed by atoms with Crippen molar-refractivity contribution in [3.63, 3.8) is 0 Å². The highest BCUT2D eigenvalue weighted by molar-refractivity contribution is 5.48. The van der Waals surface area contributed by atoms with Crippen molar-refractivity contribution in [2.45, 2.75) is 51.4 Å². The highest BCUT2D eigenvalue weighted by atomic mass is 14.2. The molecule has 2 aliphatic rings. The molecule has 0 radical (unpaired) electrons. The maximum Gasteiger partial charge on any atom is -0.00790 e. The van der Waals surface area contributed by atoms with Crippen LogP contribution in [0.2, 0.25) is 0 Å². The lowest BCUT2D eigenvalue weighted by Gasteiger charge is -2.25. The molecule has 0 aromatic heterocycles. The van der Waals surface area contributed by atoms with E-state index in [4.69, 9.17) is 0 Å². The Labute approximate surface area is 132 Å². The summed E-state index contributed by atoms with van der Waals surface area (Å²) in [6.07, 6.45) is 12.6. The van der Waals surface area contributed by atoms with Gasteiger partial charge in [0.15, 0.2) is 0 Å². The van der Waals surface area contributed by atoms with Crippen LogP contribution in [-0.2, 0) is 6.42 Å². The van der Waals surface area contributed by atoms with E-state index in [1.54, 1.807) is 11.1 Å². The van der Waals surface area contributed by atoms with Crippen LogP contribution in [0.4, 0.5) is 0 Å². The number of fused-ring (bicyclic) bond motifs is 4. The lowest BCUT2D eigenvalue weighted by molar-refractivity contribution is 0.543. The monoisotopic (exact) mass is 288 g/mol. The predicted octanol–water partition coefficient (Wildman–Crippen LogP) is 4.16. The number of hydrogen-bond acceptors (Lipinski definition) is 0. The molecule has 2 aromatic rings. The van der Waals surface area contributed by atoms with Gasteiger partial charge in [0, 0.05) is 0 Å². The summed E-state index contributed by atoms with van der Waals surface area (Å²) in [6.45, 7) is 2.31. The fraction of sp³-hybridized carbons (Fsp3) is 0.364. The van der Waals surface area contributed by atoms with E-state index in [0.717, 1.165) is 12.3 Å². The van der Waals surface area contributed by atoms with Gasteiger partial charge in [-0.15, -0.1) is 0 Å². The van der Waals surface area contributed by atoms with Crippen LogP contribution in [0.15, 0.2) is 36.4 Å². The first-order chi connectivity index (χ1) is 10.9. The van der Waals surface area contributed by atoms with Crippen LogP contribution >= 0.6 is 0 Å². The first-order valence-electron chi connectivity index (χ1n) is 8.80. The van der Waals surface area contributed by atoms with E-state index in [9.17, 15) is 0 Å². The van der Waals surface area contributed by atoms with Gasteiger partial charge in [0.05, 0.1) is 0 Å². The molecule has 0 saturated carbocycles. The van der Waals surface area contributed by atoms with Gasteiger partial charge < -0.3 is 0 Å². The van der Waals surface area contributed by atoms with Gasteiger partial charge in [-0.3, -0.25) is 0 Å². The van der Waals surface area contributed by atoms with Crippen molar-refractivity contribution in [3.05, 3.63) is 68.4 Å². The standard InChI is InChI=1S/C22H24/c1-2-3-7-17-9-6-10-18-13-14-20-19-11-5-4-8-16(19)12-15-21(20)22(17)18/h4-5,8,10-14,17H,2-3,6-7,9,15H2,1H3. The van der Waals surface area contributed by atoms with Gasteiger partial charge in [-0.1, -0.05) is 68.3 Å². The summed E-state index contributed by atoms with van der Waals surface area (Å²) in [6, 6.07) is 13.6. The number of hydrogen-bond donors (Lipinski definition) is 0. The Morgan fingerprint density at radius 1 is 0.955 bits per heavy atom. The van der Waals surface area contributed by atoms with Gasteiger partial charge >= 0.3 is 0 Å². The van der Waals surface area contributed by atoms with Crippen LogP contribution in [0.1, 0.15) is 56.1 Å². The molecular formula is C22H24. The zero-order valence-electron chi connectivity index (χ0n) is 13.4. The van der Waals surface area contributed by atoms with Crippen molar-refractivity contribution in [3.8, 4) is 0 Å². The number of unbranched alkanes of at least 4 members (excludes halogenated alkanes) is 1. The van der Waals surface area contributed by atoms with Gasteiger partial charge in [0.25, 0.3) is 0 Å². The minimum atomic E-state index is 0.772. The van der Waals surface area contributed by atoms with E-state index in [1.807, 2.05) is 0 Å². The quantitative estimate of drug-likeness (QED) is 0.795. The zero-order valence-corrected chi connectivity index (χ0v) is 13.4. The van der Waals surface area contributed by atoms with Crippen molar-refractivity contribution >= 4 is 12.2 Å². The molecule has 0 heteroatoms. The molecule has 0 saturated heterocycles. The molecule has 0 amide bonds. The lowest BCUT2D eigenvalue weighted by Crippen LogP contribution is -2.23. The van der Waals surface area contributed by atoms with Crippen LogP contribution in [-0.4, -0.2) is 0 Å². The van der Waals surface area contributed by atoms with Crippen molar-refractivity contribution in [1.29, 1.82) is 0 Å². The van der Waals surface area contributed by atoms with Crippen LogP contribution in [0, 0.1) is 10.4 Å². The van der Waals surface area contributed by atoms with E-state index in [1.165, 1.54) is 53.0 Å². The summed E-state index contributed by atoms with van der Waals surface area (Å²) in [7, 11) is 0. The van der Waals surface area contributed by atoms with Crippen molar-refractivity contribution in [1.82, 2.24) is 0 Å². The molecule has 2 aliphatic carbocycles. The summed E-state index contributed by atoms with van der Waals surface area (Å²) in [5.74, 6) is 0.772. The fourth-order valence-electron chi connectivity index (χ4n) is 4.27. The molecular weight excluding hydrogens is 264 g/mol. The molecule has 112 valence electrons. The van der Waals surface area contributed by atoms with Crippen LogP contribution < -0.4 is 10.4 Å². The highest BCUT2D eigenvalue weighted by Crippen LogP contribution is 2.31. The van der Waals surface area contributed by atoms with Crippen LogP contribution in [0.25, 0.3) is 12.2 Å². The Morgan fingerprint density at radius 3 is 2.77 bits per heavy atom. The summed E-state index contributed by atoms with van der Waals surface area (Å²) in [4.78, 5) is 0. The predicted molar refractivity (Wildman–Crippen MR) is 93.9 cm³/mol. The minimum absolute atomic E-state index is 0.772. The van der Waals surface area contributed by atoms with E-state index in [2.05, 4.69) is 55.5 Å². The summed E-state index contributed by atoms with van der Waals surface area (Å²) >= 11 is 0. The summed E-state index contributed by atoms with van der Waals surface area (Å²) in [5.41, 5.74) is 3.27. The zero-order chi connectivity index (χ0) is 14.9. The Balaban J connectivity index is 2.01. The topological polar surface area (TPSA) is 0 Å².